The van der Waals surface area contributed by atoms with Crippen molar-refractivity contribution in [2.24, 2.45) is 5.73 Å². The van der Waals surface area contributed by atoms with E-state index in [2.05, 4.69) is 58.2 Å². The minimum atomic E-state index is 0.153. The second-order valence-electron chi connectivity index (χ2n) is 5.83. The first-order valence-corrected chi connectivity index (χ1v) is 8.48. The molecule has 0 spiro atoms. The molecule has 2 unspecified atom stereocenters. The Bertz CT molecular complexity index is 423. The molecule has 1 saturated heterocycles. The molecule has 19 heavy (non-hydrogen) atoms. The lowest BCUT2D eigenvalue weighted by atomic mass is 9.82. The molecule has 0 aliphatic carbocycles. The van der Waals surface area contributed by atoms with Crippen molar-refractivity contribution in [2.75, 3.05) is 27.2 Å². The summed E-state index contributed by atoms with van der Waals surface area (Å²) in [6.07, 6.45) is 2.31. The molecule has 1 aromatic rings. The lowest BCUT2D eigenvalue weighted by molar-refractivity contribution is 0.0222. The highest BCUT2D eigenvalue weighted by atomic mass is 79.9. The van der Waals surface area contributed by atoms with E-state index in [1.165, 1.54) is 9.35 Å². The van der Waals surface area contributed by atoms with Gasteiger partial charge in [-0.1, -0.05) is 0 Å². The summed E-state index contributed by atoms with van der Waals surface area (Å²) in [5.74, 6) is 0. The number of nitrogens with two attached hydrogens (primary N) is 1. The van der Waals surface area contributed by atoms with Gasteiger partial charge in [0.1, 0.15) is 0 Å². The topological polar surface area (TPSA) is 32.5 Å². The van der Waals surface area contributed by atoms with E-state index >= 15 is 0 Å². The predicted octanol–water partition coefficient (Wildman–Crippen LogP) is 2.75. The fraction of sp³-hybridized carbons (Fsp3) is 0.714. The zero-order valence-electron chi connectivity index (χ0n) is 12.0. The highest BCUT2D eigenvalue weighted by Crippen LogP contribution is 2.32. The van der Waals surface area contributed by atoms with Gasteiger partial charge >= 0.3 is 0 Å². The van der Waals surface area contributed by atoms with E-state index in [9.17, 15) is 0 Å². The molecule has 0 amide bonds. The first-order valence-electron chi connectivity index (χ1n) is 6.81. The van der Waals surface area contributed by atoms with Crippen LogP contribution in [0.15, 0.2) is 15.2 Å². The van der Waals surface area contributed by atoms with Crippen LogP contribution >= 0.6 is 27.3 Å². The zero-order valence-corrected chi connectivity index (χ0v) is 14.4. The van der Waals surface area contributed by atoms with Crippen LogP contribution in [-0.2, 0) is 6.54 Å². The summed E-state index contributed by atoms with van der Waals surface area (Å²) in [7, 11) is 4.43. The quantitative estimate of drug-likeness (QED) is 0.910. The van der Waals surface area contributed by atoms with Crippen LogP contribution in [0.5, 0.6) is 0 Å². The monoisotopic (exact) mass is 345 g/mol. The van der Waals surface area contributed by atoms with Gasteiger partial charge in [0.05, 0.1) is 3.79 Å². The number of rotatable bonds is 4. The molecule has 1 aromatic heterocycles. The fourth-order valence-electron chi connectivity index (χ4n) is 2.97. The first kappa shape index (κ1) is 15.4. The number of piperidine rings is 1. The maximum atomic E-state index is 6.14. The predicted molar refractivity (Wildman–Crippen MR) is 86.6 cm³/mol. The van der Waals surface area contributed by atoms with E-state index in [4.69, 9.17) is 5.73 Å². The van der Waals surface area contributed by atoms with E-state index in [0.717, 1.165) is 32.5 Å². The van der Waals surface area contributed by atoms with Crippen LogP contribution in [0.3, 0.4) is 0 Å². The van der Waals surface area contributed by atoms with Gasteiger partial charge in [-0.05, 0) is 73.3 Å². The molecule has 2 rings (SSSR count). The number of thiophene rings is 1. The maximum Gasteiger partial charge on any atom is 0.0701 e. The Morgan fingerprint density at radius 3 is 2.89 bits per heavy atom. The molecule has 2 atom stereocenters. The van der Waals surface area contributed by atoms with Crippen LogP contribution in [0.1, 0.15) is 25.3 Å². The Morgan fingerprint density at radius 1 is 1.63 bits per heavy atom. The van der Waals surface area contributed by atoms with E-state index in [1.807, 2.05) is 0 Å². The van der Waals surface area contributed by atoms with Crippen molar-refractivity contribution in [3.63, 3.8) is 0 Å². The average Bonchev–Trinajstić information content (AvgIpc) is 2.78. The Hall–Kier alpha value is 0.0600. The number of halogens is 1. The third-order valence-electron chi connectivity index (χ3n) is 4.59. The van der Waals surface area contributed by atoms with E-state index in [0.29, 0.717) is 6.04 Å². The van der Waals surface area contributed by atoms with E-state index in [-0.39, 0.29) is 5.54 Å². The SMILES string of the molecule is CC1CC(CN)(N(C)Cc2csc(Br)c2)CCN1C. The van der Waals surface area contributed by atoms with Crippen LogP contribution in [0.2, 0.25) is 0 Å². The minimum Gasteiger partial charge on any atom is -0.329 e. The summed E-state index contributed by atoms with van der Waals surface area (Å²) in [6, 6.07) is 2.82. The van der Waals surface area contributed by atoms with Gasteiger partial charge < -0.3 is 10.6 Å². The Kier molecular flexibility index (Phi) is 5.06. The molecule has 108 valence electrons. The molecule has 1 aliphatic heterocycles. The fourth-order valence-corrected chi connectivity index (χ4v) is 4.17. The highest BCUT2D eigenvalue weighted by Gasteiger charge is 2.39. The van der Waals surface area contributed by atoms with Gasteiger partial charge in [-0.15, -0.1) is 11.3 Å². The first-order chi connectivity index (χ1) is 8.97. The highest BCUT2D eigenvalue weighted by molar-refractivity contribution is 9.11. The van der Waals surface area contributed by atoms with Crippen molar-refractivity contribution < 1.29 is 0 Å². The largest absolute Gasteiger partial charge is 0.329 e. The number of hydrogen-bond acceptors (Lipinski definition) is 4. The van der Waals surface area contributed by atoms with Gasteiger partial charge in [0.15, 0.2) is 0 Å². The van der Waals surface area contributed by atoms with Gasteiger partial charge in [-0.25, -0.2) is 0 Å². The maximum absolute atomic E-state index is 6.14. The minimum absolute atomic E-state index is 0.153. The molecule has 0 radical (unpaired) electrons. The van der Waals surface area contributed by atoms with Gasteiger partial charge in [-0.3, -0.25) is 4.90 Å². The Balaban J connectivity index is 2.08. The summed E-state index contributed by atoms with van der Waals surface area (Å²) in [4.78, 5) is 4.90. The molecule has 2 N–H and O–H groups in total. The van der Waals surface area contributed by atoms with Crippen molar-refractivity contribution in [1.29, 1.82) is 0 Å². The number of hydrogen-bond donors (Lipinski definition) is 1. The van der Waals surface area contributed by atoms with Crippen LogP contribution in [-0.4, -0.2) is 48.6 Å². The summed E-state index contributed by atoms with van der Waals surface area (Å²) in [5.41, 5.74) is 7.67. The third-order valence-corrected chi connectivity index (χ3v) is 6.14. The lowest BCUT2D eigenvalue weighted by Gasteiger charge is -2.49. The number of nitrogens with zero attached hydrogens (tertiary/aromatic N) is 2. The zero-order chi connectivity index (χ0) is 14.0. The third kappa shape index (κ3) is 3.39. The molecule has 1 fully saturated rings. The molecule has 5 heteroatoms. The van der Waals surface area contributed by atoms with Crippen LogP contribution < -0.4 is 5.73 Å². The van der Waals surface area contributed by atoms with E-state index < -0.39 is 0 Å². The summed E-state index contributed by atoms with van der Waals surface area (Å²) < 4.78 is 1.20. The molecular formula is C14H24BrN3S. The Labute approximate surface area is 128 Å². The number of likely N-dealkylation sites (N-methyl/N-ethyl adjacent to an activating group) is 1. The van der Waals surface area contributed by atoms with Crippen molar-refractivity contribution in [3.05, 3.63) is 20.8 Å². The molecular weight excluding hydrogens is 322 g/mol. The van der Waals surface area contributed by atoms with Gasteiger partial charge in [0.25, 0.3) is 0 Å². The lowest BCUT2D eigenvalue weighted by Crippen LogP contribution is -2.59. The second-order valence-corrected chi connectivity index (χ2v) is 8.12. The average molecular weight is 346 g/mol. The van der Waals surface area contributed by atoms with Crippen LogP contribution in [0.4, 0.5) is 0 Å². The van der Waals surface area contributed by atoms with Crippen LogP contribution in [0.25, 0.3) is 0 Å². The Morgan fingerprint density at radius 2 is 2.37 bits per heavy atom. The van der Waals surface area contributed by atoms with Crippen molar-refractivity contribution >= 4 is 27.3 Å². The molecule has 3 nitrogen and oxygen atoms in total. The summed E-state index contributed by atoms with van der Waals surface area (Å²) >= 11 is 5.29. The standard InChI is InChI=1S/C14H24BrN3S/c1-11-7-14(10-16,4-5-17(11)2)18(3)8-12-6-13(15)19-9-12/h6,9,11H,4-5,7-8,10,16H2,1-3H3. The van der Waals surface area contributed by atoms with Gasteiger partial charge in [0.2, 0.25) is 0 Å². The van der Waals surface area contributed by atoms with Crippen molar-refractivity contribution in [3.8, 4) is 0 Å². The molecule has 1 aliphatic rings. The molecule has 0 bridgehead atoms. The van der Waals surface area contributed by atoms with Gasteiger partial charge in [0, 0.05) is 24.7 Å². The van der Waals surface area contributed by atoms with Gasteiger partial charge in [-0.2, -0.15) is 0 Å². The van der Waals surface area contributed by atoms with Crippen molar-refractivity contribution in [1.82, 2.24) is 9.80 Å². The molecule has 0 saturated carbocycles. The molecule has 0 aromatic carbocycles. The second kappa shape index (κ2) is 6.22. The number of likely N-dealkylation sites (tertiary alicyclic amines) is 1. The van der Waals surface area contributed by atoms with E-state index in [1.54, 1.807) is 11.3 Å². The molecule has 2 heterocycles. The summed E-state index contributed by atoms with van der Waals surface area (Å²) in [5, 5.41) is 2.23. The smallest absolute Gasteiger partial charge is 0.0701 e. The van der Waals surface area contributed by atoms with Crippen LogP contribution in [0, 0.1) is 0 Å². The summed E-state index contributed by atoms with van der Waals surface area (Å²) in [6.45, 7) is 5.16. The van der Waals surface area contributed by atoms with Crippen molar-refractivity contribution in [2.45, 2.75) is 37.9 Å². The normalized spacial score (nSPS) is 29.1.